The van der Waals surface area contributed by atoms with Crippen molar-refractivity contribution in [1.29, 1.82) is 0 Å². The number of nitrogens with one attached hydrogen (secondary N) is 2. The Bertz CT molecular complexity index is 744. The summed E-state index contributed by atoms with van der Waals surface area (Å²) in [6.45, 7) is 2.48. The predicted molar refractivity (Wildman–Crippen MR) is 89.3 cm³/mol. The Morgan fingerprint density at radius 1 is 1.46 bits per heavy atom. The second-order valence-electron chi connectivity index (χ2n) is 5.62. The fraction of sp³-hybridized carbons (Fsp3) is 0.312. The van der Waals surface area contributed by atoms with Crippen molar-refractivity contribution in [2.24, 2.45) is 0 Å². The van der Waals surface area contributed by atoms with Crippen LogP contribution in [0.25, 0.3) is 0 Å². The number of aromatic nitrogens is 2. The zero-order valence-electron chi connectivity index (χ0n) is 13.5. The first-order valence-corrected chi connectivity index (χ1v) is 7.60. The number of hydrogen-bond acceptors (Lipinski definition) is 4. The van der Waals surface area contributed by atoms with Crippen LogP contribution in [0.1, 0.15) is 13.0 Å². The van der Waals surface area contributed by atoms with Gasteiger partial charge in [-0.05, 0) is 25.1 Å². The minimum absolute atomic E-state index is 0.0307. The van der Waals surface area contributed by atoms with Crippen LogP contribution in [-0.2, 0) is 4.79 Å². The molecule has 3 amide bonds. The zero-order valence-corrected chi connectivity index (χ0v) is 13.5. The molecule has 1 aliphatic heterocycles. The lowest BCUT2D eigenvalue weighted by Crippen LogP contribution is -2.36. The molecule has 126 valence electrons. The maximum absolute atomic E-state index is 12.0. The van der Waals surface area contributed by atoms with Gasteiger partial charge in [0.15, 0.2) is 6.61 Å². The average molecular weight is 329 g/mol. The first kappa shape index (κ1) is 15.9. The van der Waals surface area contributed by atoms with Crippen molar-refractivity contribution in [3.05, 3.63) is 36.9 Å². The van der Waals surface area contributed by atoms with Crippen molar-refractivity contribution < 1.29 is 14.3 Å². The van der Waals surface area contributed by atoms with Crippen molar-refractivity contribution in [1.82, 2.24) is 14.9 Å². The third kappa shape index (κ3) is 3.32. The fourth-order valence-corrected chi connectivity index (χ4v) is 2.40. The van der Waals surface area contributed by atoms with E-state index in [4.69, 9.17) is 4.74 Å². The van der Waals surface area contributed by atoms with E-state index in [-0.39, 0.29) is 24.6 Å². The van der Waals surface area contributed by atoms with E-state index in [0.29, 0.717) is 23.7 Å². The number of carbonyl (C=O) groups is 2. The van der Waals surface area contributed by atoms with Crippen molar-refractivity contribution in [2.45, 2.75) is 13.0 Å². The van der Waals surface area contributed by atoms with Gasteiger partial charge in [0.2, 0.25) is 0 Å². The summed E-state index contributed by atoms with van der Waals surface area (Å²) in [6.07, 6.45) is 5.25. The SMILES string of the molecule is C[C@@H](CNC(=O)Nc1ccc2c(c1)N(C)C(=O)CO2)n1ccnc1. The van der Waals surface area contributed by atoms with Crippen LogP contribution in [0.5, 0.6) is 5.75 Å². The lowest BCUT2D eigenvalue weighted by atomic mass is 10.2. The van der Waals surface area contributed by atoms with Gasteiger partial charge in [-0.2, -0.15) is 0 Å². The molecule has 0 radical (unpaired) electrons. The number of urea groups is 1. The Morgan fingerprint density at radius 3 is 3.04 bits per heavy atom. The van der Waals surface area contributed by atoms with Crippen molar-refractivity contribution in [3.8, 4) is 5.75 Å². The molecule has 0 saturated carbocycles. The van der Waals surface area contributed by atoms with E-state index in [1.54, 1.807) is 37.8 Å². The van der Waals surface area contributed by atoms with Gasteiger partial charge in [-0.1, -0.05) is 0 Å². The quantitative estimate of drug-likeness (QED) is 0.892. The van der Waals surface area contributed by atoms with Gasteiger partial charge in [0.05, 0.1) is 12.0 Å². The molecule has 8 nitrogen and oxygen atoms in total. The third-order valence-electron chi connectivity index (χ3n) is 3.90. The van der Waals surface area contributed by atoms with Gasteiger partial charge in [-0.25, -0.2) is 9.78 Å². The van der Waals surface area contributed by atoms with Crippen molar-refractivity contribution in [2.75, 3.05) is 30.4 Å². The molecule has 2 heterocycles. The number of fused-ring (bicyclic) bond motifs is 1. The van der Waals surface area contributed by atoms with Crippen LogP contribution in [0, 0.1) is 0 Å². The van der Waals surface area contributed by atoms with Gasteiger partial charge in [-0.15, -0.1) is 0 Å². The van der Waals surface area contributed by atoms with E-state index in [2.05, 4.69) is 15.6 Å². The van der Waals surface area contributed by atoms with Crippen LogP contribution in [0.15, 0.2) is 36.9 Å². The first-order chi connectivity index (χ1) is 11.5. The molecule has 0 spiro atoms. The number of ether oxygens (including phenoxy) is 1. The monoisotopic (exact) mass is 329 g/mol. The number of amides is 3. The molecule has 2 aromatic rings. The van der Waals surface area contributed by atoms with Crippen LogP contribution in [0.4, 0.5) is 16.2 Å². The van der Waals surface area contributed by atoms with Gasteiger partial charge in [0, 0.05) is 37.7 Å². The smallest absolute Gasteiger partial charge is 0.319 e. The van der Waals surface area contributed by atoms with Gasteiger partial charge in [-0.3, -0.25) is 4.79 Å². The minimum Gasteiger partial charge on any atom is -0.482 e. The highest BCUT2D eigenvalue weighted by atomic mass is 16.5. The second-order valence-corrected chi connectivity index (χ2v) is 5.62. The Hall–Kier alpha value is -3.03. The molecule has 1 aliphatic rings. The summed E-state index contributed by atoms with van der Waals surface area (Å²) in [6, 6.07) is 4.97. The topological polar surface area (TPSA) is 88.5 Å². The summed E-state index contributed by atoms with van der Waals surface area (Å²) in [4.78, 5) is 29.2. The number of nitrogens with zero attached hydrogens (tertiary/aromatic N) is 3. The Morgan fingerprint density at radius 2 is 2.29 bits per heavy atom. The number of anilines is 2. The van der Waals surface area contributed by atoms with Gasteiger partial charge >= 0.3 is 6.03 Å². The molecule has 8 heteroatoms. The third-order valence-corrected chi connectivity index (χ3v) is 3.90. The van der Waals surface area contributed by atoms with Crippen molar-refractivity contribution >= 4 is 23.3 Å². The minimum atomic E-state index is -0.312. The molecule has 1 atom stereocenters. The number of likely N-dealkylation sites (N-methyl/N-ethyl adjacent to an activating group) is 1. The number of benzene rings is 1. The van der Waals surface area contributed by atoms with E-state index >= 15 is 0 Å². The lowest BCUT2D eigenvalue weighted by molar-refractivity contribution is -0.120. The highest BCUT2D eigenvalue weighted by Crippen LogP contribution is 2.33. The van der Waals surface area contributed by atoms with E-state index in [1.165, 1.54) is 4.90 Å². The molecular formula is C16H19N5O3. The van der Waals surface area contributed by atoms with Crippen LogP contribution >= 0.6 is 0 Å². The van der Waals surface area contributed by atoms with Crippen LogP contribution in [0.3, 0.4) is 0 Å². The lowest BCUT2D eigenvalue weighted by Gasteiger charge is -2.26. The summed E-state index contributed by atoms with van der Waals surface area (Å²) < 4.78 is 7.27. The van der Waals surface area contributed by atoms with Crippen LogP contribution in [-0.4, -0.2) is 41.7 Å². The summed E-state index contributed by atoms with van der Waals surface area (Å²) >= 11 is 0. The fourth-order valence-electron chi connectivity index (χ4n) is 2.40. The molecule has 0 aliphatic carbocycles. The molecule has 2 N–H and O–H groups in total. The van der Waals surface area contributed by atoms with Crippen molar-refractivity contribution in [3.63, 3.8) is 0 Å². The maximum atomic E-state index is 12.0. The molecule has 1 aromatic carbocycles. The molecule has 1 aromatic heterocycles. The van der Waals surface area contributed by atoms with Gasteiger partial charge in [0.1, 0.15) is 5.75 Å². The second kappa shape index (κ2) is 6.61. The van der Waals surface area contributed by atoms with Crippen LogP contribution < -0.4 is 20.3 Å². The molecule has 0 unspecified atom stereocenters. The summed E-state index contributed by atoms with van der Waals surface area (Å²) in [7, 11) is 1.68. The van der Waals surface area contributed by atoms with E-state index in [1.807, 2.05) is 17.7 Å². The molecule has 3 rings (SSSR count). The Kier molecular flexibility index (Phi) is 4.37. The highest BCUT2D eigenvalue weighted by molar-refractivity contribution is 5.99. The van der Waals surface area contributed by atoms with Gasteiger partial charge < -0.3 is 24.8 Å². The number of rotatable bonds is 4. The maximum Gasteiger partial charge on any atom is 0.319 e. The number of imidazole rings is 1. The standard InChI is InChI=1S/C16H19N5O3/c1-11(21-6-5-17-10-21)8-18-16(23)19-12-3-4-14-13(7-12)20(2)15(22)9-24-14/h3-7,10-11H,8-9H2,1-2H3,(H2,18,19,23)/t11-/m0/s1. The normalized spacial score (nSPS) is 14.6. The zero-order chi connectivity index (χ0) is 17.1. The highest BCUT2D eigenvalue weighted by Gasteiger charge is 2.22. The summed E-state index contributed by atoms with van der Waals surface area (Å²) in [5, 5.41) is 5.57. The Balaban J connectivity index is 1.60. The Labute approximate surface area is 139 Å². The van der Waals surface area contributed by atoms with E-state index in [9.17, 15) is 9.59 Å². The molecule has 0 fully saturated rings. The largest absolute Gasteiger partial charge is 0.482 e. The summed E-state index contributed by atoms with van der Waals surface area (Å²) in [5.74, 6) is 0.495. The number of carbonyl (C=O) groups excluding carboxylic acids is 2. The van der Waals surface area contributed by atoms with E-state index < -0.39 is 0 Å². The summed E-state index contributed by atoms with van der Waals surface area (Å²) in [5.41, 5.74) is 1.22. The van der Waals surface area contributed by atoms with Crippen LogP contribution in [0.2, 0.25) is 0 Å². The predicted octanol–water partition coefficient (Wildman–Crippen LogP) is 1.62. The first-order valence-electron chi connectivity index (χ1n) is 7.60. The average Bonchev–Trinajstić information content (AvgIpc) is 3.11. The van der Waals surface area contributed by atoms with E-state index in [0.717, 1.165) is 0 Å². The molecule has 24 heavy (non-hydrogen) atoms. The molecular weight excluding hydrogens is 310 g/mol. The molecule has 0 bridgehead atoms. The number of hydrogen-bond donors (Lipinski definition) is 2. The van der Waals surface area contributed by atoms with Gasteiger partial charge in [0.25, 0.3) is 5.91 Å². The molecule has 0 saturated heterocycles.